The van der Waals surface area contributed by atoms with E-state index in [1.54, 1.807) is 19.2 Å². The van der Waals surface area contributed by atoms with Crippen molar-refractivity contribution in [2.24, 2.45) is 5.92 Å². The van der Waals surface area contributed by atoms with Gasteiger partial charge in [-0.3, -0.25) is 4.79 Å². The third-order valence-electron chi connectivity index (χ3n) is 3.10. The summed E-state index contributed by atoms with van der Waals surface area (Å²) >= 11 is 0. The summed E-state index contributed by atoms with van der Waals surface area (Å²) in [4.78, 5) is 12.4. The Hall–Kier alpha value is -1.83. The van der Waals surface area contributed by atoms with Crippen LogP contribution in [0, 0.1) is 17.8 Å². The van der Waals surface area contributed by atoms with Crippen molar-refractivity contribution >= 4 is 5.91 Å². The van der Waals surface area contributed by atoms with Gasteiger partial charge in [0.2, 0.25) is 0 Å². The molecule has 0 aliphatic heterocycles. The van der Waals surface area contributed by atoms with Gasteiger partial charge in [-0.1, -0.05) is 37.8 Å². The van der Waals surface area contributed by atoms with Crippen LogP contribution in [0.1, 0.15) is 36.2 Å². The van der Waals surface area contributed by atoms with Crippen molar-refractivity contribution in [2.75, 3.05) is 20.3 Å². The largest absolute Gasteiger partial charge is 0.395 e. The first kappa shape index (κ1) is 17.2. The van der Waals surface area contributed by atoms with Crippen LogP contribution >= 0.6 is 0 Å². The van der Waals surface area contributed by atoms with Crippen molar-refractivity contribution < 1.29 is 14.6 Å². The quantitative estimate of drug-likeness (QED) is 0.785. The van der Waals surface area contributed by atoms with Gasteiger partial charge in [0, 0.05) is 19.1 Å². The van der Waals surface area contributed by atoms with Crippen molar-refractivity contribution in [3.63, 3.8) is 0 Å². The molecule has 0 spiro atoms. The molecule has 1 atom stereocenters. The maximum Gasteiger partial charge on any atom is 0.252 e. The molecular weight excluding hydrogens is 266 g/mol. The lowest BCUT2D eigenvalue weighted by atomic mass is 10.0. The molecule has 0 radical (unpaired) electrons. The monoisotopic (exact) mass is 289 g/mol. The van der Waals surface area contributed by atoms with Crippen LogP contribution in [-0.2, 0) is 4.74 Å². The molecule has 0 saturated heterocycles. The van der Waals surface area contributed by atoms with Crippen LogP contribution in [0.15, 0.2) is 24.3 Å². The lowest BCUT2D eigenvalue weighted by Gasteiger charge is -2.21. The first-order chi connectivity index (χ1) is 10.1. The summed E-state index contributed by atoms with van der Waals surface area (Å²) in [6, 6.07) is 7.17. The summed E-state index contributed by atoms with van der Waals surface area (Å²) in [5.41, 5.74) is 1.22. The summed E-state index contributed by atoms with van der Waals surface area (Å²) in [7, 11) is 1.62. The predicted octanol–water partition coefficient (Wildman–Crippen LogP) is 1.82. The van der Waals surface area contributed by atoms with Gasteiger partial charge in [-0.05, 0) is 18.1 Å². The first-order valence-corrected chi connectivity index (χ1v) is 7.08. The van der Waals surface area contributed by atoms with Gasteiger partial charge in [-0.25, -0.2) is 0 Å². The van der Waals surface area contributed by atoms with Crippen LogP contribution in [0.2, 0.25) is 0 Å². The van der Waals surface area contributed by atoms with Gasteiger partial charge in [0.05, 0.1) is 24.8 Å². The molecule has 0 saturated carbocycles. The zero-order valence-corrected chi connectivity index (χ0v) is 12.8. The molecule has 0 bridgehead atoms. The molecule has 4 heteroatoms. The SMILES string of the molecule is COCC(NC(=O)c1ccccc1C#CCCO)C(C)C. The maximum atomic E-state index is 12.4. The van der Waals surface area contributed by atoms with Crippen molar-refractivity contribution in [3.05, 3.63) is 35.4 Å². The van der Waals surface area contributed by atoms with Gasteiger partial charge in [-0.15, -0.1) is 0 Å². The van der Waals surface area contributed by atoms with Gasteiger partial charge in [-0.2, -0.15) is 0 Å². The Labute approximate surface area is 126 Å². The van der Waals surface area contributed by atoms with Gasteiger partial charge >= 0.3 is 0 Å². The van der Waals surface area contributed by atoms with Crippen LogP contribution < -0.4 is 5.32 Å². The number of nitrogens with one attached hydrogen (secondary N) is 1. The lowest BCUT2D eigenvalue weighted by molar-refractivity contribution is 0.0866. The van der Waals surface area contributed by atoms with Crippen molar-refractivity contribution in [1.82, 2.24) is 5.32 Å². The van der Waals surface area contributed by atoms with E-state index in [2.05, 4.69) is 17.2 Å². The normalized spacial score (nSPS) is 11.7. The Morgan fingerprint density at radius 1 is 1.38 bits per heavy atom. The van der Waals surface area contributed by atoms with Crippen LogP contribution in [0.3, 0.4) is 0 Å². The fourth-order valence-corrected chi connectivity index (χ4v) is 1.83. The molecular formula is C17H23NO3. The van der Waals surface area contributed by atoms with Gasteiger partial charge in [0.15, 0.2) is 0 Å². The molecule has 1 aromatic rings. The topological polar surface area (TPSA) is 58.6 Å². The first-order valence-electron chi connectivity index (χ1n) is 7.08. The van der Waals surface area contributed by atoms with E-state index in [1.165, 1.54) is 0 Å². The van der Waals surface area contributed by atoms with Crippen molar-refractivity contribution in [3.8, 4) is 11.8 Å². The zero-order chi connectivity index (χ0) is 15.7. The standard InChI is InChI=1S/C17H23NO3/c1-13(2)16(12-21-3)18-17(20)15-10-5-4-8-14(15)9-6-7-11-19/h4-5,8,10,13,16,19H,7,11-12H2,1-3H3,(H,18,20). The van der Waals surface area contributed by atoms with E-state index in [-0.39, 0.29) is 24.5 Å². The Bertz CT molecular complexity index is 514. The molecule has 114 valence electrons. The average Bonchev–Trinajstić information content (AvgIpc) is 2.47. The fraction of sp³-hybridized carbons (Fsp3) is 0.471. The number of rotatable bonds is 6. The number of carbonyl (C=O) groups is 1. The number of aliphatic hydroxyl groups is 1. The highest BCUT2D eigenvalue weighted by Gasteiger charge is 2.18. The zero-order valence-electron chi connectivity index (χ0n) is 12.8. The lowest BCUT2D eigenvalue weighted by Crippen LogP contribution is -2.41. The highest BCUT2D eigenvalue weighted by molar-refractivity contribution is 5.96. The highest BCUT2D eigenvalue weighted by Crippen LogP contribution is 2.10. The predicted molar refractivity (Wildman–Crippen MR) is 83.0 cm³/mol. The summed E-state index contributed by atoms with van der Waals surface area (Å²) in [5.74, 6) is 5.90. The van der Waals surface area contributed by atoms with Crippen LogP contribution in [0.25, 0.3) is 0 Å². The minimum atomic E-state index is -0.153. The van der Waals surface area contributed by atoms with Crippen molar-refractivity contribution in [1.29, 1.82) is 0 Å². The smallest absolute Gasteiger partial charge is 0.252 e. The Kier molecular flexibility index (Phi) is 7.52. The second-order valence-corrected chi connectivity index (χ2v) is 5.10. The number of hydrogen-bond acceptors (Lipinski definition) is 3. The molecule has 21 heavy (non-hydrogen) atoms. The molecule has 1 unspecified atom stereocenters. The number of aliphatic hydroxyl groups excluding tert-OH is 1. The molecule has 1 rings (SSSR count). The number of methoxy groups -OCH3 is 1. The van der Waals surface area contributed by atoms with E-state index in [0.29, 0.717) is 24.2 Å². The van der Waals surface area contributed by atoms with E-state index in [0.717, 1.165) is 0 Å². The molecule has 0 fully saturated rings. The van der Waals surface area contributed by atoms with Crippen LogP contribution in [-0.4, -0.2) is 37.4 Å². The van der Waals surface area contributed by atoms with Crippen LogP contribution in [0.5, 0.6) is 0 Å². The molecule has 0 aliphatic carbocycles. The number of ether oxygens (including phenoxy) is 1. The second kappa shape index (κ2) is 9.17. The van der Waals surface area contributed by atoms with Crippen LogP contribution in [0.4, 0.5) is 0 Å². The third-order valence-corrected chi connectivity index (χ3v) is 3.10. The van der Waals surface area contributed by atoms with Gasteiger partial charge < -0.3 is 15.2 Å². The molecule has 0 aromatic heterocycles. The Morgan fingerprint density at radius 3 is 2.71 bits per heavy atom. The molecule has 1 amide bonds. The minimum absolute atomic E-state index is 0.0185. The molecule has 1 aromatic carbocycles. The van der Waals surface area contributed by atoms with Gasteiger partial charge in [0.25, 0.3) is 5.91 Å². The number of amides is 1. The minimum Gasteiger partial charge on any atom is -0.395 e. The van der Waals surface area contributed by atoms with E-state index in [9.17, 15) is 4.79 Å². The number of hydrogen-bond donors (Lipinski definition) is 2. The molecule has 0 heterocycles. The fourth-order valence-electron chi connectivity index (χ4n) is 1.83. The average molecular weight is 289 g/mol. The molecule has 4 nitrogen and oxygen atoms in total. The summed E-state index contributed by atoms with van der Waals surface area (Å²) in [6.07, 6.45) is 0.397. The molecule has 0 aliphatic rings. The Balaban J connectivity index is 2.89. The van der Waals surface area contributed by atoms with Gasteiger partial charge in [0.1, 0.15) is 0 Å². The van der Waals surface area contributed by atoms with E-state index in [1.807, 2.05) is 26.0 Å². The second-order valence-electron chi connectivity index (χ2n) is 5.10. The number of benzene rings is 1. The van der Waals surface area contributed by atoms with E-state index < -0.39 is 0 Å². The highest BCUT2D eigenvalue weighted by atomic mass is 16.5. The molecule has 2 N–H and O–H groups in total. The van der Waals surface area contributed by atoms with E-state index >= 15 is 0 Å². The van der Waals surface area contributed by atoms with E-state index in [4.69, 9.17) is 9.84 Å². The summed E-state index contributed by atoms with van der Waals surface area (Å²) < 4.78 is 5.14. The third kappa shape index (κ3) is 5.58. The number of carbonyl (C=O) groups excluding carboxylic acids is 1. The summed E-state index contributed by atoms with van der Waals surface area (Å²) in [6.45, 7) is 4.57. The Morgan fingerprint density at radius 2 is 2.10 bits per heavy atom. The summed E-state index contributed by atoms with van der Waals surface area (Å²) in [5, 5.41) is 11.7. The maximum absolute atomic E-state index is 12.4. The van der Waals surface area contributed by atoms with Crippen molar-refractivity contribution in [2.45, 2.75) is 26.3 Å².